The predicted molar refractivity (Wildman–Crippen MR) is 72.1 cm³/mol. The van der Waals surface area contributed by atoms with E-state index < -0.39 is 0 Å². The summed E-state index contributed by atoms with van der Waals surface area (Å²) in [5.74, 6) is 0.873. The predicted octanol–water partition coefficient (Wildman–Crippen LogP) is 0.0134. The van der Waals surface area contributed by atoms with Gasteiger partial charge in [0.25, 0.3) is 5.56 Å². The van der Waals surface area contributed by atoms with Crippen molar-refractivity contribution in [3.05, 3.63) is 34.2 Å². The molecular formula is C14H19N3O2. The molecule has 1 saturated heterocycles. The normalized spacial score (nSPS) is 25.0. The minimum atomic E-state index is 0.0854. The highest BCUT2D eigenvalue weighted by atomic mass is 16.2. The van der Waals surface area contributed by atoms with Gasteiger partial charge in [-0.15, -0.1) is 0 Å². The Balaban J connectivity index is 1.88. The van der Waals surface area contributed by atoms with Crippen LogP contribution < -0.4 is 10.9 Å². The molecule has 3 heterocycles. The fourth-order valence-electron chi connectivity index (χ4n) is 3.36. The van der Waals surface area contributed by atoms with E-state index in [1.807, 2.05) is 21.6 Å². The largest absolute Gasteiger partial charge is 0.341 e. The zero-order valence-corrected chi connectivity index (χ0v) is 11.1. The third kappa shape index (κ3) is 2.18. The van der Waals surface area contributed by atoms with E-state index in [0.29, 0.717) is 18.4 Å². The Hall–Kier alpha value is -1.62. The van der Waals surface area contributed by atoms with Gasteiger partial charge in [-0.05, 0) is 25.5 Å². The van der Waals surface area contributed by atoms with E-state index in [-0.39, 0.29) is 11.5 Å². The summed E-state index contributed by atoms with van der Waals surface area (Å²) >= 11 is 0. The summed E-state index contributed by atoms with van der Waals surface area (Å²) in [7, 11) is 1.79. The van der Waals surface area contributed by atoms with Gasteiger partial charge in [0, 0.05) is 37.3 Å². The molecule has 0 aromatic carbocycles. The number of carbonyl (C=O) groups is 1. The van der Waals surface area contributed by atoms with Crippen LogP contribution >= 0.6 is 0 Å². The van der Waals surface area contributed by atoms with Gasteiger partial charge in [-0.1, -0.05) is 6.07 Å². The van der Waals surface area contributed by atoms with Crippen molar-refractivity contribution in [2.45, 2.75) is 18.9 Å². The molecule has 5 heteroatoms. The second-order valence-corrected chi connectivity index (χ2v) is 5.53. The Bertz CT molecular complexity index is 552. The highest BCUT2D eigenvalue weighted by Crippen LogP contribution is 2.34. The maximum atomic E-state index is 12.0. The van der Waals surface area contributed by atoms with E-state index in [1.165, 1.54) is 0 Å². The number of likely N-dealkylation sites (tertiary alicyclic amines) is 1. The molecule has 1 aromatic rings. The molecule has 2 bridgehead atoms. The van der Waals surface area contributed by atoms with Gasteiger partial charge < -0.3 is 14.8 Å². The summed E-state index contributed by atoms with van der Waals surface area (Å²) in [6.07, 6.45) is 1.09. The van der Waals surface area contributed by atoms with Gasteiger partial charge in [0.05, 0.1) is 6.54 Å². The molecule has 0 unspecified atom stereocenters. The zero-order valence-electron chi connectivity index (χ0n) is 11.1. The number of carbonyl (C=O) groups excluding carboxylic acids is 1. The van der Waals surface area contributed by atoms with Crippen LogP contribution in [-0.4, -0.2) is 42.1 Å². The first-order chi connectivity index (χ1) is 9.19. The van der Waals surface area contributed by atoms with Gasteiger partial charge >= 0.3 is 0 Å². The van der Waals surface area contributed by atoms with Crippen LogP contribution in [0.5, 0.6) is 0 Å². The van der Waals surface area contributed by atoms with Crippen molar-refractivity contribution in [1.82, 2.24) is 14.8 Å². The number of rotatable bonds is 2. The molecule has 1 fully saturated rings. The standard InChI is InChI=1S/C14H19N3O2/c1-15-6-14(19)16-7-10-5-11(9-16)12-3-2-4-13(18)17(12)8-10/h2-4,10-11,15H,5-9H2,1H3/t10-,11+/m0/s1. The second-order valence-electron chi connectivity index (χ2n) is 5.53. The number of nitrogens with zero attached hydrogens (tertiary/aromatic N) is 2. The van der Waals surface area contributed by atoms with E-state index in [0.717, 1.165) is 31.7 Å². The van der Waals surface area contributed by atoms with Crippen LogP contribution in [0.4, 0.5) is 0 Å². The van der Waals surface area contributed by atoms with Gasteiger partial charge in [-0.25, -0.2) is 0 Å². The highest BCUT2D eigenvalue weighted by Gasteiger charge is 2.35. The van der Waals surface area contributed by atoms with Crippen molar-refractivity contribution < 1.29 is 4.79 Å². The molecule has 2 aliphatic rings. The molecule has 1 amide bonds. The van der Waals surface area contributed by atoms with Crippen LogP contribution in [0.25, 0.3) is 0 Å². The van der Waals surface area contributed by atoms with Crippen LogP contribution in [0.2, 0.25) is 0 Å². The third-order valence-electron chi connectivity index (χ3n) is 4.16. The number of fused-ring (bicyclic) bond motifs is 4. The van der Waals surface area contributed by atoms with Crippen LogP contribution in [0.15, 0.2) is 23.0 Å². The first kappa shape index (κ1) is 12.4. The Kier molecular flexibility index (Phi) is 3.14. The van der Waals surface area contributed by atoms with Gasteiger partial charge in [0.2, 0.25) is 5.91 Å². The van der Waals surface area contributed by atoms with Gasteiger partial charge in [-0.3, -0.25) is 9.59 Å². The quantitative estimate of drug-likeness (QED) is 0.816. The number of pyridine rings is 1. The summed E-state index contributed by atoms with van der Waals surface area (Å²) in [4.78, 5) is 25.8. The fourth-order valence-corrected chi connectivity index (χ4v) is 3.36. The van der Waals surface area contributed by atoms with Crippen LogP contribution in [0.1, 0.15) is 18.0 Å². The van der Waals surface area contributed by atoms with Crippen molar-refractivity contribution in [3.63, 3.8) is 0 Å². The van der Waals surface area contributed by atoms with Crippen molar-refractivity contribution in [2.24, 2.45) is 5.92 Å². The first-order valence-corrected chi connectivity index (χ1v) is 6.81. The van der Waals surface area contributed by atoms with Crippen molar-refractivity contribution in [3.8, 4) is 0 Å². The molecule has 1 aromatic heterocycles. The average molecular weight is 261 g/mol. The molecule has 19 heavy (non-hydrogen) atoms. The Labute approximate surface area is 112 Å². The monoisotopic (exact) mass is 261 g/mol. The topological polar surface area (TPSA) is 54.3 Å². The summed E-state index contributed by atoms with van der Waals surface area (Å²) in [6, 6.07) is 5.46. The van der Waals surface area contributed by atoms with Crippen molar-refractivity contribution in [2.75, 3.05) is 26.7 Å². The lowest BCUT2D eigenvalue weighted by atomic mass is 9.83. The minimum absolute atomic E-state index is 0.0854. The van der Waals surface area contributed by atoms with Gasteiger partial charge in [0.15, 0.2) is 0 Å². The van der Waals surface area contributed by atoms with Crippen molar-refractivity contribution >= 4 is 5.91 Å². The Morgan fingerprint density at radius 1 is 1.37 bits per heavy atom. The van der Waals surface area contributed by atoms with E-state index in [2.05, 4.69) is 5.32 Å². The molecule has 1 N–H and O–H groups in total. The lowest BCUT2D eigenvalue weighted by Crippen LogP contribution is -2.50. The van der Waals surface area contributed by atoms with E-state index in [1.54, 1.807) is 13.1 Å². The summed E-state index contributed by atoms with van der Waals surface area (Å²) in [5, 5.41) is 2.91. The van der Waals surface area contributed by atoms with Crippen LogP contribution in [0.3, 0.4) is 0 Å². The molecule has 0 saturated carbocycles. The van der Waals surface area contributed by atoms with Crippen molar-refractivity contribution in [1.29, 1.82) is 0 Å². The third-order valence-corrected chi connectivity index (χ3v) is 4.16. The first-order valence-electron chi connectivity index (χ1n) is 6.81. The maximum Gasteiger partial charge on any atom is 0.250 e. The second kappa shape index (κ2) is 4.81. The lowest BCUT2D eigenvalue weighted by Gasteiger charge is -2.42. The highest BCUT2D eigenvalue weighted by molar-refractivity contribution is 5.78. The number of nitrogens with one attached hydrogen (secondary N) is 1. The van der Waals surface area contributed by atoms with Gasteiger partial charge in [0.1, 0.15) is 0 Å². The van der Waals surface area contributed by atoms with E-state index >= 15 is 0 Å². The van der Waals surface area contributed by atoms with E-state index in [9.17, 15) is 9.59 Å². The molecule has 0 aliphatic carbocycles. The summed E-state index contributed by atoms with van der Waals surface area (Å²) < 4.78 is 1.89. The van der Waals surface area contributed by atoms with Crippen LogP contribution in [0, 0.1) is 5.92 Å². The molecule has 2 aliphatic heterocycles. The molecule has 2 atom stereocenters. The minimum Gasteiger partial charge on any atom is -0.341 e. The van der Waals surface area contributed by atoms with Gasteiger partial charge in [-0.2, -0.15) is 0 Å². The van der Waals surface area contributed by atoms with E-state index in [4.69, 9.17) is 0 Å². The molecule has 5 nitrogen and oxygen atoms in total. The summed E-state index contributed by atoms with van der Waals surface area (Å²) in [5.41, 5.74) is 1.17. The Morgan fingerprint density at radius 3 is 3.00 bits per heavy atom. The zero-order chi connectivity index (χ0) is 13.4. The maximum absolute atomic E-state index is 12.0. The number of hydrogen-bond acceptors (Lipinski definition) is 3. The number of amides is 1. The molecule has 102 valence electrons. The molecular weight excluding hydrogens is 242 g/mol. The average Bonchev–Trinajstić information content (AvgIpc) is 2.40. The Morgan fingerprint density at radius 2 is 2.21 bits per heavy atom. The smallest absolute Gasteiger partial charge is 0.250 e. The number of piperidine rings is 1. The molecule has 0 spiro atoms. The number of hydrogen-bond donors (Lipinski definition) is 1. The number of likely N-dealkylation sites (N-methyl/N-ethyl adjacent to an activating group) is 1. The SMILES string of the molecule is CNCC(=O)N1C[C@@H]2C[C@H](C1)c1cccc(=O)n1C2. The van der Waals surface area contributed by atoms with Crippen LogP contribution in [-0.2, 0) is 11.3 Å². The number of aromatic nitrogens is 1. The summed E-state index contributed by atoms with van der Waals surface area (Å²) in [6.45, 7) is 2.65. The molecule has 0 radical (unpaired) electrons. The molecule has 3 rings (SSSR count). The lowest BCUT2D eigenvalue weighted by molar-refractivity contribution is -0.132. The fraction of sp³-hybridized carbons (Fsp3) is 0.571.